The summed E-state index contributed by atoms with van der Waals surface area (Å²) in [4.78, 5) is 4.88. The van der Waals surface area contributed by atoms with Crippen molar-refractivity contribution in [3.8, 4) is 5.75 Å². The summed E-state index contributed by atoms with van der Waals surface area (Å²) in [6, 6.07) is 8.35. The molecule has 1 heterocycles. The van der Waals surface area contributed by atoms with E-state index >= 15 is 0 Å². The SMILES string of the molecule is CN(C)CCC1CCCCN1Cc1ccc(O)cc1. The Hall–Kier alpha value is -1.06. The molecule has 0 aliphatic carbocycles. The molecule has 2 rings (SSSR count). The summed E-state index contributed by atoms with van der Waals surface area (Å²) < 4.78 is 0. The van der Waals surface area contributed by atoms with E-state index in [0.29, 0.717) is 11.8 Å². The van der Waals surface area contributed by atoms with Crippen molar-refractivity contribution in [2.45, 2.75) is 38.3 Å². The van der Waals surface area contributed by atoms with Crippen molar-refractivity contribution in [1.82, 2.24) is 9.80 Å². The standard InChI is InChI=1S/C16H26N2O/c1-17(2)12-10-15-5-3-4-11-18(15)13-14-6-8-16(19)9-7-14/h6-9,15,19H,3-5,10-13H2,1-2H3. The molecule has 1 N–H and O–H groups in total. The van der Waals surface area contributed by atoms with Crippen LogP contribution in [0.4, 0.5) is 0 Å². The van der Waals surface area contributed by atoms with Gasteiger partial charge in [-0.05, 0) is 64.1 Å². The zero-order chi connectivity index (χ0) is 13.7. The van der Waals surface area contributed by atoms with Crippen LogP contribution in [0.15, 0.2) is 24.3 Å². The summed E-state index contributed by atoms with van der Waals surface area (Å²) in [5.41, 5.74) is 1.30. The summed E-state index contributed by atoms with van der Waals surface area (Å²) in [5, 5.41) is 9.34. The maximum absolute atomic E-state index is 9.34. The molecule has 0 saturated carbocycles. The number of piperidine rings is 1. The van der Waals surface area contributed by atoms with Crippen LogP contribution in [0.1, 0.15) is 31.2 Å². The van der Waals surface area contributed by atoms with Gasteiger partial charge in [0.15, 0.2) is 0 Å². The second-order valence-electron chi connectivity index (χ2n) is 5.88. The van der Waals surface area contributed by atoms with Crippen molar-refractivity contribution < 1.29 is 5.11 Å². The molecule has 106 valence electrons. The van der Waals surface area contributed by atoms with Gasteiger partial charge in [-0.15, -0.1) is 0 Å². The van der Waals surface area contributed by atoms with Gasteiger partial charge in [0.05, 0.1) is 0 Å². The van der Waals surface area contributed by atoms with E-state index in [9.17, 15) is 5.11 Å². The Morgan fingerprint density at radius 2 is 1.95 bits per heavy atom. The van der Waals surface area contributed by atoms with Crippen LogP contribution in [0.2, 0.25) is 0 Å². The second kappa shape index (κ2) is 6.92. The van der Waals surface area contributed by atoms with Gasteiger partial charge >= 0.3 is 0 Å². The molecule has 1 fully saturated rings. The van der Waals surface area contributed by atoms with E-state index in [1.807, 2.05) is 12.1 Å². The summed E-state index contributed by atoms with van der Waals surface area (Å²) in [5.74, 6) is 0.353. The van der Waals surface area contributed by atoms with Crippen molar-refractivity contribution in [3.05, 3.63) is 29.8 Å². The minimum atomic E-state index is 0.353. The highest BCUT2D eigenvalue weighted by Crippen LogP contribution is 2.22. The first-order valence-electron chi connectivity index (χ1n) is 7.32. The molecule has 0 radical (unpaired) electrons. The normalized spacial score (nSPS) is 20.9. The lowest BCUT2D eigenvalue weighted by molar-refractivity contribution is 0.124. The fourth-order valence-electron chi connectivity index (χ4n) is 2.84. The van der Waals surface area contributed by atoms with Crippen molar-refractivity contribution in [3.63, 3.8) is 0 Å². The van der Waals surface area contributed by atoms with Gasteiger partial charge in [0, 0.05) is 12.6 Å². The Morgan fingerprint density at radius 1 is 1.21 bits per heavy atom. The number of hydrogen-bond acceptors (Lipinski definition) is 3. The molecule has 0 spiro atoms. The number of nitrogens with zero attached hydrogens (tertiary/aromatic N) is 2. The molecule has 0 bridgehead atoms. The Balaban J connectivity index is 1.93. The number of rotatable bonds is 5. The van der Waals surface area contributed by atoms with Gasteiger partial charge in [0.2, 0.25) is 0 Å². The van der Waals surface area contributed by atoms with Crippen LogP contribution in [0.5, 0.6) is 5.75 Å². The molecule has 19 heavy (non-hydrogen) atoms. The Morgan fingerprint density at radius 3 is 2.63 bits per heavy atom. The molecular weight excluding hydrogens is 236 g/mol. The molecule has 1 atom stereocenters. The molecule has 1 saturated heterocycles. The third-order valence-corrected chi connectivity index (χ3v) is 3.98. The molecule has 0 amide bonds. The quantitative estimate of drug-likeness (QED) is 0.884. The topological polar surface area (TPSA) is 26.7 Å². The summed E-state index contributed by atoms with van der Waals surface area (Å²) in [6.45, 7) is 3.38. The summed E-state index contributed by atoms with van der Waals surface area (Å²) >= 11 is 0. The third-order valence-electron chi connectivity index (χ3n) is 3.98. The third kappa shape index (κ3) is 4.51. The first kappa shape index (κ1) is 14.4. The molecule has 1 aliphatic heterocycles. The first-order chi connectivity index (χ1) is 9.15. The largest absolute Gasteiger partial charge is 0.508 e. The Labute approximate surface area is 116 Å². The minimum absolute atomic E-state index is 0.353. The number of phenolic OH excluding ortho intramolecular Hbond substituents is 1. The summed E-state index contributed by atoms with van der Waals surface area (Å²) in [7, 11) is 4.29. The maximum Gasteiger partial charge on any atom is 0.115 e. The van der Waals surface area contributed by atoms with Crippen LogP contribution in [0.3, 0.4) is 0 Å². The Kier molecular flexibility index (Phi) is 5.23. The second-order valence-corrected chi connectivity index (χ2v) is 5.88. The van der Waals surface area contributed by atoms with Crippen LogP contribution in [-0.4, -0.2) is 48.1 Å². The lowest BCUT2D eigenvalue weighted by Crippen LogP contribution is -2.40. The number of aromatic hydroxyl groups is 1. The lowest BCUT2D eigenvalue weighted by atomic mass is 9.98. The van der Waals surface area contributed by atoms with E-state index in [2.05, 4.69) is 23.9 Å². The fourth-order valence-corrected chi connectivity index (χ4v) is 2.84. The number of benzene rings is 1. The van der Waals surface area contributed by atoms with Gasteiger partial charge in [-0.2, -0.15) is 0 Å². The van der Waals surface area contributed by atoms with E-state index in [1.165, 1.54) is 37.8 Å². The minimum Gasteiger partial charge on any atom is -0.508 e. The predicted molar refractivity (Wildman–Crippen MR) is 79.3 cm³/mol. The fraction of sp³-hybridized carbons (Fsp3) is 0.625. The molecule has 0 aromatic heterocycles. The van der Waals surface area contributed by atoms with Crippen molar-refractivity contribution in [2.24, 2.45) is 0 Å². The first-order valence-corrected chi connectivity index (χ1v) is 7.32. The van der Waals surface area contributed by atoms with Gasteiger partial charge in [-0.1, -0.05) is 18.6 Å². The van der Waals surface area contributed by atoms with E-state index < -0.39 is 0 Å². The number of phenols is 1. The average molecular weight is 262 g/mol. The zero-order valence-electron chi connectivity index (χ0n) is 12.2. The van der Waals surface area contributed by atoms with E-state index in [4.69, 9.17) is 0 Å². The maximum atomic E-state index is 9.34. The van der Waals surface area contributed by atoms with Gasteiger partial charge in [0.25, 0.3) is 0 Å². The highest BCUT2D eigenvalue weighted by atomic mass is 16.3. The zero-order valence-corrected chi connectivity index (χ0v) is 12.2. The Bertz CT molecular complexity index is 375. The van der Waals surface area contributed by atoms with Crippen LogP contribution in [0, 0.1) is 0 Å². The van der Waals surface area contributed by atoms with Crippen LogP contribution < -0.4 is 0 Å². The lowest BCUT2D eigenvalue weighted by Gasteiger charge is -2.36. The molecule has 1 aromatic rings. The highest BCUT2D eigenvalue weighted by Gasteiger charge is 2.22. The van der Waals surface area contributed by atoms with E-state index in [0.717, 1.165) is 13.1 Å². The van der Waals surface area contributed by atoms with E-state index in [1.54, 1.807) is 12.1 Å². The predicted octanol–water partition coefficient (Wildman–Crippen LogP) is 2.70. The number of likely N-dealkylation sites (tertiary alicyclic amines) is 1. The molecule has 3 nitrogen and oxygen atoms in total. The van der Waals surface area contributed by atoms with Gasteiger partial charge in [-0.25, -0.2) is 0 Å². The van der Waals surface area contributed by atoms with E-state index in [-0.39, 0.29) is 0 Å². The molecule has 1 aromatic carbocycles. The van der Waals surface area contributed by atoms with Gasteiger partial charge < -0.3 is 10.0 Å². The molecule has 3 heteroatoms. The number of hydrogen-bond donors (Lipinski definition) is 1. The molecule has 1 unspecified atom stereocenters. The van der Waals surface area contributed by atoms with Crippen molar-refractivity contribution >= 4 is 0 Å². The highest BCUT2D eigenvalue weighted by molar-refractivity contribution is 5.25. The van der Waals surface area contributed by atoms with Crippen LogP contribution in [-0.2, 0) is 6.54 Å². The van der Waals surface area contributed by atoms with Crippen LogP contribution in [0.25, 0.3) is 0 Å². The van der Waals surface area contributed by atoms with Gasteiger partial charge in [-0.3, -0.25) is 4.90 Å². The van der Waals surface area contributed by atoms with Crippen molar-refractivity contribution in [1.29, 1.82) is 0 Å². The van der Waals surface area contributed by atoms with Gasteiger partial charge in [0.1, 0.15) is 5.75 Å². The smallest absolute Gasteiger partial charge is 0.115 e. The average Bonchev–Trinajstić information content (AvgIpc) is 2.40. The molecular formula is C16H26N2O. The molecule has 1 aliphatic rings. The monoisotopic (exact) mass is 262 g/mol. The summed E-state index contributed by atoms with van der Waals surface area (Å²) in [6.07, 6.45) is 5.26. The van der Waals surface area contributed by atoms with Crippen LogP contribution >= 0.6 is 0 Å². The van der Waals surface area contributed by atoms with Crippen molar-refractivity contribution in [2.75, 3.05) is 27.2 Å².